The Hall–Kier alpha value is -1.13. The van der Waals surface area contributed by atoms with Crippen LogP contribution in [0.2, 0.25) is 0 Å². The van der Waals surface area contributed by atoms with E-state index in [0.29, 0.717) is 12.5 Å². The van der Waals surface area contributed by atoms with E-state index >= 15 is 0 Å². The van der Waals surface area contributed by atoms with E-state index in [1.165, 1.54) is 0 Å². The molecule has 0 aromatic carbocycles. The van der Waals surface area contributed by atoms with Crippen molar-refractivity contribution in [2.45, 2.75) is 38.8 Å². The van der Waals surface area contributed by atoms with Crippen LogP contribution < -0.4 is 10.5 Å². The lowest BCUT2D eigenvalue weighted by Gasteiger charge is -2.23. The molecule has 4 heteroatoms. The number of aromatic nitrogens is 1. The largest absolute Gasteiger partial charge is 0.477 e. The fourth-order valence-corrected chi connectivity index (χ4v) is 1.37. The number of nitrogens with zero attached hydrogens (tertiary/aromatic N) is 1. The van der Waals surface area contributed by atoms with Gasteiger partial charge in [-0.25, -0.2) is 4.98 Å². The average molecular weight is 238 g/mol. The summed E-state index contributed by atoms with van der Waals surface area (Å²) < 4.78 is 11.0. The molecule has 0 amide bonds. The summed E-state index contributed by atoms with van der Waals surface area (Å²) in [5.41, 5.74) is 6.61. The zero-order chi connectivity index (χ0) is 12.9. The van der Waals surface area contributed by atoms with Gasteiger partial charge in [0.2, 0.25) is 5.88 Å². The van der Waals surface area contributed by atoms with Crippen molar-refractivity contribution in [1.82, 2.24) is 4.98 Å². The highest BCUT2D eigenvalue weighted by Gasteiger charge is 2.17. The van der Waals surface area contributed by atoms with Gasteiger partial charge in [-0.3, -0.25) is 0 Å². The van der Waals surface area contributed by atoms with E-state index in [9.17, 15) is 0 Å². The van der Waals surface area contributed by atoms with Gasteiger partial charge in [0.15, 0.2) is 0 Å². The quantitative estimate of drug-likeness (QED) is 0.826. The minimum atomic E-state index is -0.177. The van der Waals surface area contributed by atoms with E-state index in [2.05, 4.69) is 4.98 Å². The van der Waals surface area contributed by atoms with E-state index in [4.69, 9.17) is 15.2 Å². The van der Waals surface area contributed by atoms with Gasteiger partial charge in [0.05, 0.1) is 12.2 Å². The third-order valence-electron chi connectivity index (χ3n) is 2.79. The third-order valence-corrected chi connectivity index (χ3v) is 2.79. The summed E-state index contributed by atoms with van der Waals surface area (Å²) >= 11 is 0. The van der Waals surface area contributed by atoms with Crippen LogP contribution in [0.1, 0.15) is 38.8 Å². The first-order chi connectivity index (χ1) is 7.96. The Labute approximate surface area is 103 Å². The Balaban J connectivity index is 2.58. The topological polar surface area (TPSA) is 57.4 Å². The van der Waals surface area contributed by atoms with E-state index in [0.717, 1.165) is 12.0 Å². The zero-order valence-electron chi connectivity index (χ0n) is 11.1. The lowest BCUT2D eigenvalue weighted by molar-refractivity contribution is 0.00498. The fraction of sp³-hybridized carbons (Fsp3) is 0.615. The van der Waals surface area contributed by atoms with Crippen molar-refractivity contribution >= 4 is 0 Å². The molecule has 17 heavy (non-hydrogen) atoms. The Morgan fingerprint density at radius 3 is 2.76 bits per heavy atom. The second kappa shape index (κ2) is 5.98. The first kappa shape index (κ1) is 13.9. The van der Waals surface area contributed by atoms with Gasteiger partial charge in [0, 0.05) is 31.3 Å². The number of ether oxygens (including phenoxy) is 2. The van der Waals surface area contributed by atoms with Crippen LogP contribution >= 0.6 is 0 Å². The molecule has 0 aliphatic carbocycles. The molecule has 0 unspecified atom stereocenters. The van der Waals surface area contributed by atoms with Crippen LogP contribution in [0.5, 0.6) is 5.88 Å². The van der Waals surface area contributed by atoms with Crippen molar-refractivity contribution in [3.63, 3.8) is 0 Å². The first-order valence-corrected chi connectivity index (χ1v) is 5.85. The molecule has 0 bridgehead atoms. The van der Waals surface area contributed by atoms with Crippen LogP contribution in [0, 0.1) is 0 Å². The molecule has 0 fully saturated rings. The van der Waals surface area contributed by atoms with Crippen LogP contribution in [0.15, 0.2) is 18.3 Å². The highest BCUT2D eigenvalue weighted by Crippen LogP contribution is 2.21. The predicted octanol–water partition coefficient (Wildman–Crippen LogP) is 2.30. The Bertz CT molecular complexity index is 351. The number of methoxy groups -OCH3 is 1. The maximum Gasteiger partial charge on any atom is 0.218 e. The van der Waals surface area contributed by atoms with Crippen molar-refractivity contribution in [2.75, 3.05) is 13.7 Å². The minimum absolute atomic E-state index is 0.0749. The van der Waals surface area contributed by atoms with Crippen molar-refractivity contribution in [2.24, 2.45) is 5.73 Å². The Kier molecular flexibility index (Phi) is 4.90. The maximum atomic E-state index is 5.85. The van der Waals surface area contributed by atoms with Crippen molar-refractivity contribution in [3.8, 4) is 5.88 Å². The molecule has 0 radical (unpaired) electrons. The van der Waals surface area contributed by atoms with Gasteiger partial charge in [-0.2, -0.15) is 0 Å². The fourth-order valence-electron chi connectivity index (χ4n) is 1.37. The maximum absolute atomic E-state index is 5.85. The van der Waals surface area contributed by atoms with Crippen LogP contribution in [0.3, 0.4) is 0 Å². The molecule has 1 atom stereocenters. The third kappa shape index (κ3) is 4.32. The van der Waals surface area contributed by atoms with Crippen molar-refractivity contribution in [1.29, 1.82) is 0 Å². The van der Waals surface area contributed by atoms with Gasteiger partial charge in [0.1, 0.15) is 0 Å². The van der Waals surface area contributed by atoms with Gasteiger partial charge in [-0.15, -0.1) is 0 Å². The molecule has 1 aromatic heterocycles. The molecule has 0 saturated heterocycles. The molecular weight excluding hydrogens is 216 g/mol. The second-order valence-electron chi connectivity index (χ2n) is 4.75. The lowest BCUT2D eigenvalue weighted by atomic mass is 10.1. The first-order valence-electron chi connectivity index (χ1n) is 5.85. The van der Waals surface area contributed by atoms with Gasteiger partial charge in [-0.05, 0) is 26.8 Å². The summed E-state index contributed by atoms with van der Waals surface area (Å²) in [6, 6.07) is 3.73. The number of hydrogen-bond acceptors (Lipinski definition) is 4. The summed E-state index contributed by atoms with van der Waals surface area (Å²) in [5.74, 6) is 0.620. The number of rotatable bonds is 6. The van der Waals surface area contributed by atoms with Crippen LogP contribution in [0.4, 0.5) is 0 Å². The van der Waals surface area contributed by atoms with Crippen molar-refractivity contribution < 1.29 is 9.47 Å². The van der Waals surface area contributed by atoms with Crippen LogP contribution in [0.25, 0.3) is 0 Å². The van der Waals surface area contributed by atoms with Gasteiger partial charge < -0.3 is 15.2 Å². The Morgan fingerprint density at radius 2 is 2.18 bits per heavy atom. The molecule has 0 aliphatic heterocycles. The standard InChI is InChI=1S/C13H22N2O2/c1-10(14)11-6-5-8-15-12(11)17-9-7-13(2,3)16-4/h5-6,8,10H,7,9,14H2,1-4H3/t10-/m0/s1. The molecule has 2 N–H and O–H groups in total. The van der Waals surface area contributed by atoms with E-state index in [1.54, 1.807) is 13.3 Å². The number of pyridine rings is 1. The summed E-state index contributed by atoms with van der Waals surface area (Å²) in [6.07, 6.45) is 2.52. The van der Waals surface area contributed by atoms with E-state index in [-0.39, 0.29) is 11.6 Å². The smallest absolute Gasteiger partial charge is 0.218 e. The molecular formula is C13H22N2O2. The van der Waals surface area contributed by atoms with Gasteiger partial charge >= 0.3 is 0 Å². The van der Waals surface area contributed by atoms with Gasteiger partial charge in [-0.1, -0.05) is 6.07 Å². The lowest BCUT2D eigenvalue weighted by Crippen LogP contribution is -2.25. The van der Waals surface area contributed by atoms with Crippen LogP contribution in [-0.4, -0.2) is 24.3 Å². The summed E-state index contributed by atoms with van der Waals surface area (Å²) in [6.45, 7) is 6.54. The van der Waals surface area contributed by atoms with Crippen LogP contribution in [-0.2, 0) is 4.74 Å². The van der Waals surface area contributed by atoms with E-state index < -0.39 is 0 Å². The van der Waals surface area contributed by atoms with Crippen molar-refractivity contribution in [3.05, 3.63) is 23.9 Å². The SMILES string of the molecule is COC(C)(C)CCOc1ncccc1[C@H](C)N. The molecule has 1 heterocycles. The molecule has 1 aromatic rings. The minimum Gasteiger partial charge on any atom is -0.477 e. The molecule has 0 aliphatic rings. The zero-order valence-corrected chi connectivity index (χ0v) is 11.1. The number of hydrogen-bond donors (Lipinski definition) is 1. The predicted molar refractivity (Wildman–Crippen MR) is 68.0 cm³/mol. The monoisotopic (exact) mass is 238 g/mol. The second-order valence-corrected chi connectivity index (χ2v) is 4.75. The molecule has 96 valence electrons. The summed E-state index contributed by atoms with van der Waals surface area (Å²) in [4.78, 5) is 4.20. The molecule has 0 spiro atoms. The number of nitrogens with two attached hydrogens (primary N) is 1. The highest BCUT2D eigenvalue weighted by molar-refractivity contribution is 5.28. The summed E-state index contributed by atoms with van der Waals surface area (Å²) in [7, 11) is 1.70. The van der Waals surface area contributed by atoms with E-state index in [1.807, 2.05) is 32.9 Å². The van der Waals surface area contributed by atoms with Gasteiger partial charge in [0.25, 0.3) is 0 Å². The molecule has 4 nitrogen and oxygen atoms in total. The Morgan fingerprint density at radius 1 is 1.47 bits per heavy atom. The molecule has 0 saturated carbocycles. The highest BCUT2D eigenvalue weighted by atomic mass is 16.5. The molecule has 1 rings (SSSR count). The average Bonchev–Trinajstić information content (AvgIpc) is 2.29. The normalized spacial score (nSPS) is 13.5. The summed E-state index contributed by atoms with van der Waals surface area (Å²) in [5, 5.41) is 0.